The van der Waals surface area contributed by atoms with Crippen molar-refractivity contribution in [2.75, 3.05) is 11.9 Å². The molecule has 4 nitrogen and oxygen atoms in total. The quantitative estimate of drug-likeness (QED) is 0.940. The van der Waals surface area contributed by atoms with Crippen LogP contribution in [-0.2, 0) is 6.18 Å². The molecule has 0 bridgehead atoms. The van der Waals surface area contributed by atoms with E-state index in [2.05, 4.69) is 20.5 Å². The Hall–Kier alpha value is -1.22. The van der Waals surface area contributed by atoms with Crippen LogP contribution in [0.3, 0.4) is 0 Å². The zero-order valence-electron chi connectivity index (χ0n) is 9.23. The minimum Gasteiger partial charge on any atom is -0.359 e. The van der Waals surface area contributed by atoms with E-state index >= 15 is 0 Å². The summed E-state index contributed by atoms with van der Waals surface area (Å²) in [7, 11) is 0. The van der Waals surface area contributed by atoms with Gasteiger partial charge in [0, 0.05) is 24.0 Å². The average molecular weight is 294 g/mol. The maximum absolute atomic E-state index is 12.3. The lowest BCUT2D eigenvalue weighted by atomic mass is 10.2. The highest BCUT2D eigenvalue weighted by molar-refractivity contribution is 7.15. The molecule has 0 amide bonds. The largest absolute Gasteiger partial charge is 0.445 e. The number of anilines is 1. The first-order valence-corrected chi connectivity index (χ1v) is 6.70. The Kier molecular flexibility index (Phi) is 3.81. The molecule has 2 aromatic heterocycles. The molecule has 0 spiro atoms. The van der Waals surface area contributed by atoms with Crippen LogP contribution in [0.5, 0.6) is 0 Å². The van der Waals surface area contributed by atoms with E-state index in [-0.39, 0.29) is 11.0 Å². The van der Waals surface area contributed by atoms with Crippen molar-refractivity contribution in [3.8, 4) is 0 Å². The molecule has 0 radical (unpaired) electrons. The Balaban J connectivity index is 1.93. The van der Waals surface area contributed by atoms with E-state index in [1.54, 1.807) is 6.20 Å². The molecule has 0 aliphatic heterocycles. The molecule has 0 fully saturated rings. The molecule has 0 aromatic carbocycles. The Labute approximate surface area is 109 Å². The monoisotopic (exact) mass is 294 g/mol. The normalized spacial score (nSPS) is 13.6. The van der Waals surface area contributed by atoms with Gasteiger partial charge in [-0.05, 0) is 0 Å². The maximum atomic E-state index is 12.3. The summed E-state index contributed by atoms with van der Waals surface area (Å²) in [6.45, 7) is 2.41. The summed E-state index contributed by atoms with van der Waals surface area (Å²) in [5.41, 5.74) is 0. The van der Waals surface area contributed by atoms with E-state index in [1.165, 1.54) is 11.3 Å². The molecule has 2 heterocycles. The molecular formula is C9H9F3N4S2. The molecule has 0 aliphatic carbocycles. The fourth-order valence-corrected chi connectivity index (χ4v) is 2.53. The summed E-state index contributed by atoms with van der Waals surface area (Å²) in [6, 6.07) is 0. The van der Waals surface area contributed by atoms with Crippen LogP contribution in [0.4, 0.5) is 18.3 Å². The fraction of sp³-hybridized carbons (Fsp3) is 0.444. The lowest BCUT2D eigenvalue weighted by Crippen LogP contribution is -2.09. The summed E-state index contributed by atoms with van der Waals surface area (Å²) in [5.74, 6) is 0.114. The minimum absolute atomic E-state index is 0.114. The number of aromatic nitrogens is 3. The summed E-state index contributed by atoms with van der Waals surface area (Å²) < 4.78 is 36.9. The summed E-state index contributed by atoms with van der Waals surface area (Å²) >= 11 is 2.02. The Morgan fingerprint density at radius 3 is 2.72 bits per heavy atom. The highest BCUT2D eigenvalue weighted by Gasteiger charge is 2.35. The van der Waals surface area contributed by atoms with E-state index in [1.807, 2.05) is 12.3 Å². The number of rotatable bonds is 4. The molecular weight excluding hydrogens is 285 g/mol. The number of hydrogen-bond acceptors (Lipinski definition) is 6. The molecule has 0 saturated carbocycles. The zero-order valence-corrected chi connectivity index (χ0v) is 10.9. The smallest absolute Gasteiger partial charge is 0.359 e. The minimum atomic E-state index is -4.43. The third kappa shape index (κ3) is 3.16. The van der Waals surface area contributed by atoms with Gasteiger partial charge in [-0.2, -0.15) is 13.2 Å². The van der Waals surface area contributed by atoms with Crippen LogP contribution in [0.2, 0.25) is 0 Å². The average Bonchev–Trinajstić information content (AvgIpc) is 2.96. The van der Waals surface area contributed by atoms with Gasteiger partial charge < -0.3 is 5.32 Å². The van der Waals surface area contributed by atoms with Crippen molar-refractivity contribution in [1.29, 1.82) is 0 Å². The number of halogens is 3. The number of hydrogen-bond donors (Lipinski definition) is 1. The van der Waals surface area contributed by atoms with E-state index < -0.39 is 11.2 Å². The van der Waals surface area contributed by atoms with Crippen molar-refractivity contribution in [2.24, 2.45) is 0 Å². The van der Waals surface area contributed by atoms with Crippen LogP contribution >= 0.6 is 22.7 Å². The third-order valence-corrected chi connectivity index (χ3v) is 4.03. The lowest BCUT2D eigenvalue weighted by Gasteiger charge is -2.07. The number of nitrogens with one attached hydrogen (secondary N) is 1. The fourth-order valence-electron chi connectivity index (χ4n) is 1.21. The van der Waals surface area contributed by atoms with Gasteiger partial charge in [0.15, 0.2) is 0 Å². The van der Waals surface area contributed by atoms with E-state index in [0.717, 1.165) is 5.01 Å². The SMILES string of the molecule is CC(CNc1nnc(C(F)(F)F)s1)c1nccs1. The topological polar surface area (TPSA) is 50.7 Å². The standard InChI is InChI=1S/C9H9F3N4S2/c1-5(6-13-2-3-17-6)4-14-8-16-15-7(18-8)9(10,11)12/h2-3,5H,4H2,1H3,(H,14,16). The molecule has 2 aromatic rings. The predicted molar refractivity (Wildman–Crippen MR) is 63.9 cm³/mol. The summed E-state index contributed by atoms with van der Waals surface area (Å²) in [6.07, 6.45) is -2.73. The Bertz CT molecular complexity index is 494. The van der Waals surface area contributed by atoms with Crippen molar-refractivity contribution in [3.63, 3.8) is 0 Å². The van der Waals surface area contributed by atoms with Crippen molar-refractivity contribution in [3.05, 3.63) is 21.6 Å². The van der Waals surface area contributed by atoms with Gasteiger partial charge in [-0.3, -0.25) is 0 Å². The van der Waals surface area contributed by atoms with E-state index in [9.17, 15) is 13.2 Å². The van der Waals surface area contributed by atoms with Gasteiger partial charge in [0.1, 0.15) is 0 Å². The number of alkyl halides is 3. The first-order chi connectivity index (χ1) is 8.47. The predicted octanol–water partition coefficient (Wildman–Crippen LogP) is 3.23. The molecule has 1 N–H and O–H groups in total. The van der Waals surface area contributed by atoms with Crippen molar-refractivity contribution >= 4 is 27.8 Å². The van der Waals surface area contributed by atoms with Gasteiger partial charge in [0.25, 0.3) is 0 Å². The molecule has 1 unspecified atom stereocenters. The summed E-state index contributed by atoms with van der Waals surface area (Å²) in [5, 5.41) is 11.4. The van der Waals surface area contributed by atoms with Gasteiger partial charge in [-0.15, -0.1) is 21.5 Å². The van der Waals surface area contributed by atoms with Crippen LogP contribution in [0.25, 0.3) is 0 Å². The van der Waals surface area contributed by atoms with Gasteiger partial charge >= 0.3 is 6.18 Å². The second-order valence-corrected chi connectivity index (χ2v) is 5.47. The van der Waals surface area contributed by atoms with E-state index in [0.29, 0.717) is 17.9 Å². The van der Waals surface area contributed by atoms with Gasteiger partial charge in [0.05, 0.1) is 5.01 Å². The maximum Gasteiger partial charge on any atom is 0.445 e. The summed E-state index contributed by atoms with van der Waals surface area (Å²) in [4.78, 5) is 4.14. The van der Waals surface area contributed by atoms with Crippen molar-refractivity contribution < 1.29 is 13.2 Å². The van der Waals surface area contributed by atoms with Crippen molar-refractivity contribution in [2.45, 2.75) is 19.0 Å². The van der Waals surface area contributed by atoms with Crippen LogP contribution < -0.4 is 5.32 Å². The van der Waals surface area contributed by atoms with Crippen molar-refractivity contribution in [1.82, 2.24) is 15.2 Å². The second kappa shape index (κ2) is 5.19. The highest BCUT2D eigenvalue weighted by atomic mass is 32.1. The zero-order chi connectivity index (χ0) is 13.2. The second-order valence-electron chi connectivity index (χ2n) is 3.56. The molecule has 9 heteroatoms. The molecule has 98 valence electrons. The van der Waals surface area contributed by atoms with E-state index in [4.69, 9.17) is 0 Å². The first kappa shape index (κ1) is 13.2. The Morgan fingerprint density at radius 1 is 1.39 bits per heavy atom. The molecule has 18 heavy (non-hydrogen) atoms. The molecule has 0 saturated heterocycles. The Morgan fingerprint density at radius 2 is 2.17 bits per heavy atom. The van der Waals surface area contributed by atoms with Crippen LogP contribution in [0.15, 0.2) is 11.6 Å². The third-order valence-electron chi connectivity index (χ3n) is 2.10. The van der Waals surface area contributed by atoms with Crippen LogP contribution in [0, 0.1) is 0 Å². The molecule has 1 atom stereocenters. The highest BCUT2D eigenvalue weighted by Crippen LogP contribution is 2.33. The van der Waals surface area contributed by atoms with Gasteiger partial charge in [0.2, 0.25) is 10.1 Å². The number of nitrogens with zero attached hydrogens (tertiary/aromatic N) is 3. The van der Waals surface area contributed by atoms with Gasteiger partial charge in [-0.25, -0.2) is 4.98 Å². The molecule has 0 aliphatic rings. The lowest BCUT2D eigenvalue weighted by molar-refractivity contribution is -0.138. The van der Waals surface area contributed by atoms with Gasteiger partial charge in [-0.1, -0.05) is 18.3 Å². The first-order valence-electron chi connectivity index (χ1n) is 5.01. The molecule has 2 rings (SSSR count). The number of thiazole rings is 1. The van der Waals surface area contributed by atoms with Crippen LogP contribution in [0.1, 0.15) is 22.9 Å². The van der Waals surface area contributed by atoms with Crippen LogP contribution in [-0.4, -0.2) is 21.7 Å².